The highest BCUT2D eigenvalue weighted by Gasteiger charge is 2.30. The van der Waals surface area contributed by atoms with Crippen molar-refractivity contribution in [2.24, 2.45) is 0 Å². The predicted molar refractivity (Wildman–Crippen MR) is 63.2 cm³/mol. The number of thiophene rings is 1. The second kappa shape index (κ2) is 3.55. The van der Waals surface area contributed by atoms with Crippen molar-refractivity contribution in [3.05, 3.63) is 17.0 Å². The van der Waals surface area contributed by atoms with Crippen molar-refractivity contribution in [2.45, 2.75) is 38.8 Å². The summed E-state index contributed by atoms with van der Waals surface area (Å²) < 4.78 is 0. The number of hydrogen-bond donors (Lipinski definition) is 2. The van der Waals surface area contributed by atoms with Gasteiger partial charge in [-0.1, -0.05) is 0 Å². The largest absolute Gasteiger partial charge is 0.373 e. The maximum absolute atomic E-state index is 3.60. The minimum Gasteiger partial charge on any atom is -0.373 e. The Morgan fingerprint density at radius 1 is 1.57 bits per heavy atom. The van der Waals surface area contributed by atoms with Gasteiger partial charge in [0.25, 0.3) is 0 Å². The molecule has 1 fully saturated rings. The van der Waals surface area contributed by atoms with Crippen LogP contribution >= 0.6 is 11.3 Å². The number of rotatable bonds is 2. The molecule has 1 aromatic rings. The summed E-state index contributed by atoms with van der Waals surface area (Å²) in [6, 6.07) is 2.75. The molecular formula is C11H18N2S. The molecule has 0 radical (unpaired) electrons. The van der Waals surface area contributed by atoms with Crippen molar-refractivity contribution >= 4 is 16.3 Å². The lowest BCUT2D eigenvalue weighted by Gasteiger charge is -2.17. The predicted octanol–water partition coefficient (Wildman–Crippen LogP) is 2.61. The van der Waals surface area contributed by atoms with Gasteiger partial charge in [0.1, 0.15) is 0 Å². The highest BCUT2D eigenvalue weighted by molar-refractivity contribution is 7.14. The van der Waals surface area contributed by atoms with Gasteiger partial charge in [0, 0.05) is 18.1 Å². The minimum atomic E-state index is 0.294. The maximum Gasteiger partial charge on any atom is 0.0914 e. The summed E-state index contributed by atoms with van der Waals surface area (Å²) >= 11 is 1.80. The van der Waals surface area contributed by atoms with Crippen molar-refractivity contribution in [1.82, 2.24) is 5.32 Å². The van der Waals surface area contributed by atoms with E-state index in [4.69, 9.17) is 0 Å². The van der Waals surface area contributed by atoms with Gasteiger partial charge >= 0.3 is 0 Å². The third kappa shape index (κ3) is 2.10. The Balaban J connectivity index is 1.97. The van der Waals surface area contributed by atoms with Crippen LogP contribution < -0.4 is 10.6 Å². The zero-order valence-corrected chi connectivity index (χ0v) is 9.87. The average molecular weight is 210 g/mol. The third-order valence-corrected chi connectivity index (χ3v) is 3.73. The van der Waals surface area contributed by atoms with Gasteiger partial charge in [0.15, 0.2) is 0 Å². The maximum atomic E-state index is 3.60. The average Bonchev–Trinajstić information content (AvgIpc) is 2.61. The van der Waals surface area contributed by atoms with Crippen LogP contribution in [0, 0.1) is 6.92 Å². The first-order valence-electron chi connectivity index (χ1n) is 5.12. The lowest BCUT2D eigenvalue weighted by atomic mass is 10.0. The van der Waals surface area contributed by atoms with Crippen molar-refractivity contribution in [2.75, 3.05) is 11.9 Å². The molecule has 0 amide bonds. The molecule has 2 N–H and O–H groups in total. The van der Waals surface area contributed by atoms with Crippen LogP contribution in [0.2, 0.25) is 0 Å². The molecule has 0 aromatic carbocycles. The topological polar surface area (TPSA) is 24.1 Å². The zero-order chi connectivity index (χ0) is 10.2. The smallest absolute Gasteiger partial charge is 0.0914 e. The van der Waals surface area contributed by atoms with E-state index in [1.165, 1.54) is 17.0 Å². The molecule has 3 heteroatoms. The van der Waals surface area contributed by atoms with E-state index in [-0.39, 0.29) is 0 Å². The van der Waals surface area contributed by atoms with Gasteiger partial charge in [-0.3, -0.25) is 0 Å². The van der Waals surface area contributed by atoms with Gasteiger partial charge in [-0.05, 0) is 44.2 Å². The van der Waals surface area contributed by atoms with Crippen LogP contribution in [0.15, 0.2) is 11.4 Å². The molecule has 0 spiro atoms. The Hall–Kier alpha value is -0.540. The number of anilines is 1. The summed E-state index contributed by atoms with van der Waals surface area (Å²) in [5.74, 6) is 0. The molecular weight excluding hydrogens is 192 g/mol. The molecule has 1 aromatic heterocycles. The van der Waals surface area contributed by atoms with E-state index in [9.17, 15) is 0 Å². The Morgan fingerprint density at radius 2 is 2.36 bits per heavy atom. The van der Waals surface area contributed by atoms with Crippen LogP contribution in [0.5, 0.6) is 0 Å². The van der Waals surface area contributed by atoms with Crippen LogP contribution in [0.25, 0.3) is 0 Å². The number of aryl methyl sites for hydroxylation is 1. The summed E-state index contributed by atoms with van der Waals surface area (Å²) in [5, 5.41) is 10.6. The fourth-order valence-corrected chi connectivity index (χ4v) is 2.86. The summed E-state index contributed by atoms with van der Waals surface area (Å²) in [6.07, 6.45) is 1.20. The molecule has 1 saturated heterocycles. The Kier molecular flexibility index (Phi) is 2.54. The quantitative estimate of drug-likeness (QED) is 0.784. The van der Waals surface area contributed by atoms with E-state index in [0.717, 1.165) is 6.54 Å². The van der Waals surface area contributed by atoms with Gasteiger partial charge in [-0.25, -0.2) is 0 Å². The summed E-state index contributed by atoms with van der Waals surface area (Å²) in [5.41, 5.74) is 1.66. The number of nitrogens with one attached hydrogen (secondary N) is 2. The van der Waals surface area contributed by atoms with E-state index >= 15 is 0 Å². The first-order valence-corrected chi connectivity index (χ1v) is 6.00. The third-order valence-electron chi connectivity index (χ3n) is 2.78. The first kappa shape index (κ1) is 9.99. The van der Waals surface area contributed by atoms with Gasteiger partial charge in [-0.15, -0.1) is 11.3 Å². The standard InChI is InChI=1S/C11H18N2S/c1-8-4-5-14-10(8)13-9-6-11(2,3)12-7-9/h4-5,9,12-13H,6-7H2,1-3H3. The van der Waals surface area contributed by atoms with E-state index in [1.54, 1.807) is 11.3 Å². The molecule has 1 aliphatic rings. The lowest BCUT2D eigenvalue weighted by molar-refractivity contribution is 0.457. The Bertz CT molecular complexity index is 317. The highest BCUT2D eigenvalue weighted by Crippen LogP contribution is 2.26. The normalized spacial score (nSPS) is 25.2. The van der Waals surface area contributed by atoms with Crippen molar-refractivity contribution in [1.29, 1.82) is 0 Å². The molecule has 0 saturated carbocycles. The van der Waals surface area contributed by atoms with Crippen LogP contribution in [-0.4, -0.2) is 18.1 Å². The van der Waals surface area contributed by atoms with E-state index in [0.29, 0.717) is 11.6 Å². The van der Waals surface area contributed by atoms with Crippen molar-refractivity contribution in [3.63, 3.8) is 0 Å². The van der Waals surface area contributed by atoms with Crippen molar-refractivity contribution < 1.29 is 0 Å². The zero-order valence-electron chi connectivity index (χ0n) is 9.05. The molecule has 78 valence electrons. The SMILES string of the molecule is Cc1ccsc1NC1CNC(C)(C)C1. The monoisotopic (exact) mass is 210 g/mol. The van der Waals surface area contributed by atoms with Gasteiger partial charge in [0.2, 0.25) is 0 Å². The molecule has 1 atom stereocenters. The van der Waals surface area contributed by atoms with Crippen LogP contribution in [0.3, 0.4) is 0 Å². The first-order chi connectivity index (χ1) is 6.57. The molecule has 2 nitrogen and oxygen atoms in total. The Morgan fingerprint density at radius 3 is 2.86 bits per heavy atom. The molecule has 2 rings (SSSR count). The second-order valence-electron chi connectivity index (χ2n) is 4.74. The molecule has 1 unspecified atom stereocenters. The molecule has 1 aliphatic heterocycles. The summed E-state index contributed by atoms with van der Waals surface area (Å²) in [6.45, 7) is 7.75. The highest BCUT2D eigenvalue weighted by atomic mass is 32.1. The van der Waals surface area contributed by atoms with Gasteiger partial charge in [0.05, 0.1) is 5.00 Å². The molecule has 2 heterocycles. The fraction of sp³-hybridized carbons (Fsp3) is 0.636. The van der Waals surface area contributed by atoms with Gasteiger partial charge < -0.3 is 10.6 Å². The van der Waals surface area contributed by atoms with Crippen LogP contribution in [0.4, 0.5) is 5.00 Å². The molecule has 0 bridgehead atoms. The van der Waals surface area contributed by atoms with E-state index in [2.05, 4.69) is 42.9 Å². The van der Waals surface area contributed by atoms with Crippen LogP contribution in [-0.2, 0) is 0 Å². The number of hydrogen-bond acceptors (Lipinski definition) is 3. The van der Waals surface area contributed by atoms with E-state index in [1.807, 2.05) is 0 Å². The summed E-state index contributed by atoms with van der Waals surface area (Å²) in [4.78, 5) is 0. The summed E-state index contributed by atoms with van der Waals surface area (Å²) in [7, 11) is 0. The second-order valence-corrected chi connectivity index (χ2v) is 5.66. The molecule has 14 heavy (non-hydrogen) atoms. The lowest BCUT2D eigenvalue weighted by Crippen LogP contribution is -2.31. The minimum absolute atomic E-state index is 0.294. The molecule has 0 aliphatic carbocycles. The van der Waals surface area contributed by atoms with Gasteiger partial charge in [-0.2, -0.15) is 0 Å². The van der Waals surface area contributed by atoms with E-state index < -0.39 is 0 Å². The fourth-order valence-electron chi connectivity index (χ4n) is 1.97. The van der Waals surface area contributed by atoms with Crippen molar-refractivity contribution in [3.8, 4) is 0 Å². The van der Waals surface area contributed by atoms with Crippen LogP contribution in [0.1, 0.15) is 25.8 Å². The Labute approximate surface area is 89.7 Å².